The zero-order chi connectivity index (χ0) is 10.3. The second-order valence-corrected chi connectivity index (χ2v) is 4.16. The van der Waals surface area contributed by atoms with E-state index in [9.17, 15) is 4.79 Å². The van der Waals surface area contributed by atoms with Crippen molar-refractivity contribution < 1.29 is 9.53 Å². The maximum atomic E-state index is 11.5. The van der Waals surface area contributed by atoms with Crippen molar-refractivity contribution in [1.29, 1.82) is 0 Å². The van der Waals surface area contributed by atoms with E-state index in [0.29, 0.717) is 16.5 Å². The summed E-state index contributed by atoms with van der Waals surface area (Å²) >= 11 is 5.96. The van der Waals surface area contributed by atoms with E-state index in [1.54, 1.807) is 32.0 Å². The van der Waals surface area contributed by atoms with Crippen molar-refractivity contribution in [1.82, 2.24) is 0 Å². The number of esters is 1. The molecule has 1 N–H and O–H groups in total. The molecular weight excluding hydrogens is 202 g/mol. The standard InChI is InChI=1S/C10H10ClNO2/c1-10(2)9(13)14-7-5-3-4-6(11)8(7)12-10/h3-5,12H,1-2H3. The minimum absolute atomic E-state index is 0.299. The van der Waals surface area contributed by atoms with Gasteiger partial charge in [0.25, 0.3) is 0 Å². The number of nitrogens with one attached hydrogen (secondary N) is 1. The molecule has 1 aromatic carbocycles. The molecule has 0 aliphatic carbocycles. The number of carbonyl (C=O) groups is 1. The fourth-order valence-electron chi connectivity index (χ4n) is 1.30. The number of hydrogen-bond donors (Lipinski definition) is 1. The number of para-hydroxylation sites is 1. The quantitative estimate of drug-likeness (QED) is 0.529. The Morgan fingerprint density at radius 3 is 2.86 bits per heavy atom. The average Bonchev–Trinajstić information content (AvgIpc) is 2.09. The lowest BCUT2D eigenvalue weighted by molar-refractivity contribution is -0.139. The molecule has 2 rings (SSSR count). The van der Waals surface area contributed by atoms with Crippen LogP contribution < -0.4 is 10.1 Å². The smallest absolute Gasteiger partial charge is 0.336 e. The Balaban J connectivity index is 2.51. The molecule has 1 heterocycles. The van der Waals surface area contributed by atoms with Gasteiger partial charge in [-0.1, -0.05) is 17.7 Å². The Morgan fingerprint density at radius 2 is 2.14 bits per heavy atom. The van der Waals surface area contributed by atoms with Gasteiger partial charge in [0.15, 0.2) is 5.75 Å². The van der Waals surface area contributed by atoms with Crippen LogP contribution in [0.25, 0.3) is 0 Å². The SMILES string of the molecule is CC1(C)Nc2c(Cl)cccc2OC1=O. The van der Waals surface area contributed by atoms with Crippen LogP contribution >= 0.6 is 11.6 Å². The van der Waals surface area contributed by atoms with Gasteiger partial charge in [0.05, 0.1) is 10.7 Å². The summed E-state index contributed by atoms with van der Waals surface area (Å²) in [6, 6.07) is 5.21. The summed E-state index contributed by atoms with van der Waals surface area (Å²) in [6.45, 7) is 3.50. The molecule has 1 aromatic rings. The highest BCUT2D eigenvalue weighted by molar-refractivity contribution is 6.33. The zero-order valence-electron chi connectivity index (χ0n) is 7.93. The minimum atomic E-state index is -0.724. The van der Waals surface area contributed by atoms with Gasteiger partial charge in [0, 0.05) is 0 Å². The maximum Gasteiger partial charge on any atom is 0.336 e. The Kier molecular flexibility index (Phi) is 1.93. The number of benzene rings is 1. The Hall–Kier alpha value is -1.22. The maximum absolute atomic E-state index is 11.5. The first kappa shape index (κ1) is 9.34. The molecule has 0 atom stereocenters. The van der Waals surface area contributed by atoms with Gasteiger partial charge in [-0.2, -0.15) is 0 Å². The Labute approximate surface area is 87.0 Å². The van der Waals surface area contributed by atoms with Gasteiger partial charge in [0.1, 0.15) is 5.54 Å². The lowest BCUT2D eigenvalue weighted by atomic mass is 10.0. The van der Waals surface area contributed by atoms with Gasteiger partial charge < -0.3 is 10.1 Å². The summed E-state index contributed by atoms with van der Waals surface area (Å²) in [7, 11) is 0. The molecule has 4 heteroatoms. The van der Waals surface area contributed by atoms with Crippen molar-refractivity contribution in [3.05, 3.63) is 23.2 Å². The summed E-state index contributed by atoms with van der Waals surface area (Å²) in [5, 5.41) is 3.61. The topological polar surface area (TPSA) is 38.3 Å². The third-order valence-corrected chi connectivity index (χ3v) is 2.44. The van der Waals surface area contributed by atoms with E-state index in [0.717, 1.165) is 0 Å². The summed E-state index contributed by atoms with van der Waals surface area (Å²) in [5.74, 6) is 0.189. The highest BCUT2D eigenvalue weighted by atomic mass is 35.5. The van der Waals surface area contributed by atoms with Crippen molar-refractivity contribution >= 4 is 23.3 Å². The predicted octanol–water partition coefficient (Wildman–Crippen LogP) is 2.45. The molecule has 0 bridgehead atoms. The predicted molar refractivity (Wildman–Crippen MR) is 54.8 cm³/mol. The number of carbonyl (C=O) groups excluding carboxylic acids is 1. The van der Waals surface area contributed by atoms with Crippen LogP contribution in [0.4, 0.5) is 5.69 Å². The van der Waals surface area contributed by atoms with E-state index >= 15 is 0 Å². The van der Waals surface area contributed by atoms with Crippen LogP contribution in [0, 0.1) is 0 Å². The number of anilines is 1. The molecule has 74 valence electrons. The van der Waals surface area contributed by atoms with Crippen LogP contribution in [-0.2, 0) is 4.79 Å². The molecule has 0 saturated heterocycles. The lowest BCUT2D eigenvalue weighted by Gasteiger charge is -2.31. The fraction of sp³-hybridized carbons (Fsp3) is 0.300. The molecule has 1 aliphatic heterocycles. The van der Waals surface area contributed by atoms with Crippen molar-refractivity contribution in [2.75, 3.05) is 5.32 Å². The third kappa shape index (κ3) is 1.34. The number of fused-ring (bicyclic) bond motifs is 1. The van der Waals surface area contributed by atoms with Crippen LogP contribution in [0.1, 0.15) is 13.8 Å². The van der Waals surface area contributed by atoms with E-state index in [1.165, 1.54) is 0 Å². The first-order chi connectivity index (χ1) is 6.50. The number of rotatable bonds is 0. The monoisotopic (exact) mass is 211 g/mol. The molecular formula is C10H10ClNO2. The van der Waals surface area contributed by atoms with Gasteiger partial charge >= 0.3 is 5.97 Å². The van der Waals surface area contributed by atoms with Gasteiger partial charge in [-0.05, 0) is 26.0 Å². The molecule has 0 saturated carbocycles. The summed E-state index contributed by atoms with van der Waals surface area (Å²) in [5.41, 5.74) is -0.0448. The van der Waals surface area contributed by atoms with Crippen LogP contribution in [-0.4, -0.2) is 11.5 Å². The average molecular weight is 212 g/mol. The van der Waals surface area contributed by atoms with Crippen molar-refractivity contribution in [3.8, 4) is 5.75 Å². The van der Waals surface area contributed by atoms with E-state index in [2.05, 4.69) is 5.32 Å². The number of ether oxygens (including phenoxy) is 1. The summed E-state index contributed by atoms with van der Waals surface area (Å²) < 4.78 is 5.14. The second-order valence-electron chi connectivity index (χ2n) is 3.75. The minimum Gasteiger partial charge on any atom is -0.423 e. The van der Waals surface area contributed by atoms with Gasteiger partial charge in [0.2, 0.25) is 0 Å². The van der Waals surface area contributed by atoms with E-state index < -0.39 is 5.54 Å². The van der Waals surface area contributed by atoms with Crippen molar-refractivity contribution in [2.24, 2.45) is 0 Å². The molecule has 3 nitrogen and oxygen atoms in total. The van der Waals surface area contributed by atoms with E-state index in [-0.39, 0.29) is 5.97 Å². The number of hydrogen-bond acceptors (Lipinski definition) is 3. The summed E-state index contributed by atoms with van der Waals surface area (Å²) in [6.07, 6.45) is 0. The lowest BCUT2D eigenvalue weighted by Crippen LogP contribution is -2.46. The molecule has 0 spiro atoms. The van der Waals surface area contributed by atoms with Crippen LogP contribution in [0.5, 0.6) is 5.75 Å². The van der Waals surface area contributed by atoms with Crippen LogP contribution in [0.3, 0.4) is 0 Å². The largest absolute Gasteiger partial charge is 0.423 e. The highest BCUT2D eigenvalue weighted by Crippen LogP contribution is 2.38. The first-order valence-corrected chi connectivity index (χ1v) is 4.67. The zero-order valence-corrected chi connectivity index (χ0v) is 8.68. The number of halogens is 1. The van der Waals surface area contributed by atoms with Gasteiger partial charge in [-0.3, -0.25) is 0 Å². The molecule has 0 fully saturated rings. The first-order valence-electron chi connectivity index (χ1n) is 4.30. The van der Waals surface area contributed by atoms with E-state index in [1.807, 2.05) is 0 Å². The van der Waals surface area contributed by atoms with Crippen LogP contribution in [0.2, 0.25) is 5.02 Å². The van der Waals surface area contributed by atoms with Crippen LogP contribution in [0.15, 0.2) is 18.2 Å². The molecule has 1 aliphatic rings. The molecule has 0 aromatic heterocycles. The second kappa shape index (κ2) is 2.89. The van der Waals surface area contributed by atoms with Gasteiger partial charge in [-0.25, -0.2) is 4.79 Å². The molecule has 0 amide bonds. The third-order valence-electron chi connectivity index (χ3n) is 2.13. The van der Waals surface area contributed by atoms with E-state index in [4.69, 9.17) is 16.3 Å². The molecule has 0 unspecified atom stereocenters. The normalized spacial score (nSPS) is 18.1. The molecule has 14 heavy (non-hydrogen) atoms. The fourth-order valence-corrected chi connectivity index (χ4v) is 1.51. The Bertz CT molecular complexity index is 401. The van der Waals surface area contributed by atoms with Gasteiger partial charge in [-0.15, -0.1) is 0 Å². The summed E-state index contributed by atoms with van der Waals surface area (Å²) in [4.78, 5) is 11.5. The Morgan fingerprint density at radius 1 is 1.43 bits per heavy atom. The van der Waals surface area contributed by atoms with Crippen molar-refractivity contribution in [2.45, 2.75) is 19.4 Å². The highest BCUT2D eigenvalue weighted by Gasteiger charge is 2.35. The molecule has 0 radical (unpaired) electrons. The van der Waals surface area contributed by atoms with Crippen molar-refractivity contribution in [3.63, 3.8) is 0 Å².